The van der Waals surface area contributed by atoms with Crippen molar-refractivity contribution in [2.75, 3.05) is 12.3 Å². The number of Topliss-reactive ketones (excluding diaryl/α,β-unsaturated/α-hetero) is 1. The molecule has 198 valence electrons. The highest BCUT2D eigenvalue weighted by molar-refractivity contribution is 7.90. The molecular weight excluding hydrogens is 488 g/mol. The van der Waals surface area contributed by atoms with Crippen LogP contribution in [-0.4, -0.2) is 37.4 Å². The van der Waals surface area contributed by atoms with Crippen LogP contribution in [0.2, 0.25) is 0 Å². The molecule has 0 bridgehead atoms. The lowest BCUT2D eigenvalue weighted by Gasteiger charge is -2.36. The van der Waals surface area contributed by atoms with Gasteiger partial charge in [-0.05, 0) is 48.8 Å². The first-order chi connectivity index (χ1) is 17.9. The van der Waals surface area contributed by atoms with Gasteiger partial charge in [-0.15, -0.1) is 0 Å². The van der Waals surface area contributed by atoms with Crippen LogP contribution in [0.3, 0.4) is 0 Å². The van der Waals surface area contributed by atoms with E-state index in [1.165, 1.54) is 0 Å². The number of oxazole rings is 1. The monoisotopic (exact) mass is 524 g/mol. The second kappa shape index (κ2) is 12.5. The van der Waals surface area contributed by atoms with Gasteiger partial charge in [0.2, 0.25) is 11.7 Å². The summed E-state index contributed by atoms with van der Waals surface area (Å²) in [7, 11) is -3.38. The lowest BCUT2D eigenvalue weighted by Crippen LogP contribution is -2.39. The molecule has 7 nitrogen and oxygen atoms in total. The van der Waals surface area contributed by atoms with Crippen LogP contribution in [0, 0.1) is 17.8 Å². The first-order valence-electron chi connectivity index (χ1n) is 13.3. The first kappa shape index (κ1) is 27.0. The number of para-hydroxylation sites is 2. The standard InChI is InChI=1S/C29H36N2O5S/c1-2-10-24(28(33)29-31-25-15-8-9-16-26(25)36-29)23-14-7-6-13-22(23)19-30-27(32)17-18-37(34,35)20-21-11-4-3-5-12-21/h3-5,8-9,11-12,15-16,22-24H,2,6-7,10,13-14,17-20H2,1H3,(H,30,32)/t22-,23?,24-/m1/s1. The van der Waals surface area contributed by atoms with Gasteiger partial charge in [-0.2, -0.15) is 0 Å². The second-order valence-electron chi connectivity index (χ2n) is 10.1. The van der Waals surface area contributed by atoms with Crippen LogP contribution < -0.4 is 5.32 Å². The molecule has 1 heterocycles. The molecule has 1 N–H and O–H groups in total. The highest BCUT2D eigenvalue weighted by Gasteiger charge is 2.37. The Hall–Kier alpha value is -3.00. The number of rotatable bonds is 12. The molecule has 3 aromatic rings. The van der Waals surface area contributed by atoms with Gasteiger partial charge in [0, 0.05) is 18.9 Å². The minimum Gasteiger partial charge on any atom is -0.434 e. The van der Waals surface area contributed by atoms with Gasteiger partial charge < -0.3 is 9.73 Å². The summed E-state index contributed by atoms with van der Waals surface area (Å²) < 4.78 is 30.7. The number of carbonyl (C=O) groups is 2. The zero-order chi connectivity index (χ0) is 26.3. The summed E-state index contributed by atoms with van der Waals surface area (Å²) in [5.41, 5.74) is 2.00. The van der Waals surface area contributed by atoms with Crippen molar-refractivity contribution in [1.82, 2.24) is 10.3 Å². The largest absolute Gasteiger partial charge is 0.434 e. The minimum absolute atomic E-state index is 0.0618. The summed E-state index contributed by atoms with van der Waals surface area (Å²) in [6.45, 7) is 2.52. The molecule has 0 spiro atoms. The van der Waals surface area contributed by atoms with Crippen LogP contribution in [-0.2, 0) is 20.4 Å². The lowest BCUT2D eigenvalue weighted by molar-refractivity contribution is -0.121. The highest BCUT2D eigenvalue weighted by Crippen LogP contribution is 2.38. The SMILES string of the molecule is CCC[C@@H](C(=O)c1nc2ccccc2o1)C1CCCC[C@@H]1CNC(=O)CCS(=O)(=O)Cc1ccccc1. The zero-order valence-corrected chi connectivity index (χ0v) is 22.2. The van der Waals surface area contributed by atoms with Crippen molar-refractivity contribution in [1.29, 1.82) is 0 Å². The lowest BCUT2D eigenvalue weighted by atomic mass is 9.69. The van der Waals surface area contributed by atoms with Crippen LogP contribution >= 0.6 is 0 Å². The van der Waals surface area contributed by atoms with Crippen molar-refractivity contribution in [3.05, 3.63) is 66.1 Å². The Kier molecular flexibility index (Phi) is 9.14. The molecule has 3 atom stereocenters. The molecule has 2 aromatic carbocycles. The Morgan fingerprint density at radius 1 is 1.05 bits per heavy atom. The zero-order valence-electron chi connectivity index (χ0n) is 21.4. The number of nitrogens with one attached hydrogen (secondary N) is 1. The fourth-order valence-corrected chi connectivity index (χ4v) is 6.83. The fourth-order valence-electron chi connectivity index (χ4n) is 5.49. The predicted octanol–water partition coefficient (Wildman–Crippen LogP) is 5.35. The van der Waals surface area contributed by atoms with E-state index in [2.05, 4.69) is 17.2 Å². The van der Waals surface area contributed by atoms with Gasteiger partial charge in [-0.3, -0.25) is 9.59 Å². The number of ketones is 1. The Balaban J connectivity index is 1.36. The second-order valence-corrected chi connectivity index (χ2v) is 12.3. The first-order valence-corrected chi connectivity index (χ1v) is 15.1. The maximum absolute atomic E-state index is 13.5. The molecule has 4 rings (SSSR count). The molecule has 0 saturated heterocycles. The summed E-state index contributed by atoms with van der Waals surface area (Å²) in [4.78, 5) is 30.6. The molecule has 1 aromatic heterocycles. The summed E-state index contributed by atoms with van der Waals surface area (Å²) in [5, 5.41) is 2.96. The van der Waals surface area contributed by atoms with Crippen molar-refractivity contribution in [3.63, 3.8) is 0 Å². The van der Waals surface area contributed by atoms with Gasteiger partial charge in [0.15, 0.2) is 15.4 Å². The van der Waals surface area contributed by atoms with E-state index in [4.69, 9.17) is 4.42 Å². The smallest absolute Gasteiger partial charge is 0.264 e. The third-order valence-electron chi connectivity index (χ3n) is 7.36. The van der Waals surface area contributed by atoms with Crippen LogP contribution in [0.25, 0.3) is 11.1 Å². The predicted molar refractivity (Wildman–Crippen MR) is 144 cm³/mol. The molecule has 37 heavy (non-hydrogen) atoms. The number of nitrogens with zero attached hydrogens (tertiary/aromatic N) is 1. The number of aromatic nitrogens is 1. The third-order valence-corrected chi connectivity index (χ3v) is 8.96. The number of sulfone groups is 1. The summed E-state index contributed by atoms with van der Waals surface area (Å²) in [6.07, 6.45) is 5.50. The number of fused-ring (bicyclic) bond motifs is 1. The average molecular weight is 525 g/mol. The van der Waals surface area contributed by atoms with Gasteiger partial charge >= 0.3 is 0 Å². The van der Waals surface area contributed by atoms with Crippen LogP contribution in [0.5, 0.6) is 0 Å². The Labute approximate surface area is 219 Å². The van der Waals surface area contributed by atoms with Crippen molar-refractivity contribution >= 4 is 32.6 Å². The average Bonchev–Trinajstić information content (AvgIpc) is 3.34. The van der Waals surface area contributed by atoms with Crippen LogP contribution in [0.4, 0.5) is 0 Å². The number of hydrogen-bond donors (Lipinski definition) is 1. The van der Waals surface area contributed by atoms with Crippen molar-refractivity contribution in [2.24, 2.45) is 17.8 Å². The summed E-state index contributed by atoms with van der Waals surface area (Å²) >= 11 is 0. The summed E-state index contributed by atoms with van der Waals surface area (Å²) in [6, 6.07) is 16.4. The summed E-state index contributed by atoms with van der Waals surface area (Å²) in [5.74, 6) is -0.351. The van der Waals surface area contributed by atoms with Crippen molar-refractivity contribution in [3.8, 4) is 0 Å². The molecule has 8 heteroatoms. The van der Waals surface area contributed by atoms with Gasteiger partial charge in [0.05, 0.1) is 11.5 Å². The van der Waals surface area contributed by atoms with E-state index in [0.29, 0.717) is 17.6 Å². The van der Waals surface area contributed by atoms with E-state index in [-0.39, 0.29) is 53.3 Å². The van der Waals surface area contributed by atoms with E-state index < -0.39 is 9.84 Å². The van der Waals surface area contributed by atoms with Gasteiger partial charge in [-0.1, -0.05) is 68.7 Å². The van der Waals surface area contributed by atoms with E-state index in [1.54, 1.807) is 24.3 Å². The van der Waals surface area contributed by atoms with E-state index in [1.807, 2.05) is 30.3 Å². The number of hydrogen-bond acceptors (Lipinski definition) is 6. The molecule has 1 fully saturated rings. The topological polar surface area (TPSA) is 106 Å². The highest BCUT2D eigenvalue weighted by atomic mass is 32.2. The molecule has 1 aliphatic carbocycles. The minimum atomic E-state index is -3.38. The molecule has 0 radical (unpaired) electrons. The van der Waals surface area contributed by atoms with E-state index in [0.717, 1.165) is 44.1 Å². The Morgan fingerprint density at radius 2 is 1.78 bits per heavy atom. The molecule has 1 aliphatic rings. The van der Waals surface area contributed by atoms with Crippen molar-refractivity contribution < 1.29 is 22.4 Å². The number of benzene rings is 2. The molecule has 1 unspecified atom stereocenters. The third kappa shape index (κ3) is 7.28. The quantitative estimate of drug-likeness (QED) is 0.320. The van der Waals surface area contributed by atoms with Gasteiger partial charge in [-0.25, -0.2) is 13.4 Å². The molecule has 0 aliphatic heterocycles. The Bertz CT molecular complexity index is 1270. The number of carbonyl (C=O) groups excluding carboxylic acids is 2. The molecule has 1 amide bonds. The van der Waals surface area contributed by atoms with Crippen LogP contribution in [0.1, 0.15) is 68.1 Å². The van der Waals surface area contributed by atoms with Crippen molar-refractivity contribution in [2.45, 2.75) is 57.6 Å². The molecule has 1 saturated carbocycles. The maximum Gasteiger partial charge on any atom is 0.264 e. The van der Waals surface area contributed by atoms with Gasteiger partial charge in [0.1, 0.15) is 5.52 Å². The maximum atomic E-state index is 13.5. The normalized spacial score (nSPS) is 18.9. The fraction of sp³-hybridized carbons (Fsp3) is 0.483. The van der Waals surface area contributed by atoms with Gasteiger partial charge in [0.25, 0.3) is 5.89 Å². The van der Waals surface area contributed by atoms with E-state index in [9.17, 15) is 18.0 Å². The molecular formula is C29H36N2O5S. The van der Waals surface area contributed by atoms with Crippen LogP contribution in [0.15, 0.2) is 59.0 Å². The Morgan fingerprint density at radius 3 is 2.54 bits per heavy atom. The number of amides is 1. The van der Waals surface area contributed by atoms with E-state index >= 15 is 0 Å².